The van der Waals surface area contributed by atoms with Gasteiger partial charge in [0.25, 0.3) is 0 Å². The van der Waals surface area contributed by atoms with Gasteiger partial charge in [-0.2, -0.15) is 0 Å². The number of benzene rings is 1. The summed E-state index contributed by atoms with van der Waals surface area (Å²) in [6, 6.07) is 8.11. The number of piperidine rings is 1. The van der Waals surface area contributed by atoms with Crippen molar-refractivity contribution >= 4 is 23.8 Å². The first-order valence-electron chi connectivity index (χ1n) is 11.1. The smallest absolute Gasteiger partial charge is 0.335 e. The zero-order valence-electron chi connectivity index (χ0n) is 19.8. The number of aliphatic hydroxyl groups is 3. The van der Waals surface area contributed by atoms with Crippen LogP contribution in [-0.4, -0.2) is 103 Å². The lowest BCUT2D eigenvalue weighted by Gasteiger charge is -2.29. The van der Waals surface area contributed by atoms with Crippen LogP contribution in [-0.2, 0) is 20.9 Å². The van der Waals surface area contributed by atoms with Gasteiger partial charge >= 0.3 is 11.9 Å². The number of carboxylic acid groups (broad SMARTS) is 2. The molecule has 1 aliphatic heterocycles. The minimum absolute atomic E-state index is 0.207. The van der Waals surface area contributed by atoms with Crippen molar-refractivity contribution in [1.82, 2.24) is 14.9 Å². The normalized spacial score (nSPS) is 15.5. The molecule has 3 rings (SSSR count). The fraction of sp³-hybridized carbons (Fsp3) is 0.435. The number of carbonyl (C=O) groups is 3. The van der Waals surface area contributed by atoms with Crippen molar-refractivity contribution in [3.05, 3.63) is 42.2 Å². The molecule has 13 nitrogen and oxygen atoms in total. The zero-order valence-corrected chi connectivity index (χ0v) is 19.8. The molecule has 1 aliphatic rings. The Balaban J connectivity index is 0.000000388. The highest BCUT2D eigenvalue weighted by molar-refractivity contribution is 5.83. The van der Waals surface area contributed by atoms with Crippen molar-refractivity contribution < 1.29 is 39.9 Å². The molecular weight excluding hydrogens is 474 g/mol. The van der Waals surface area contributed by atoms with E-state index in [1.165, 1.54) is 0 Å². The highest BCUT2D eigenvalue weighted by atomic mass is 16.4. The van der Waals surface area contributed by atoms with E-state index < -0.39 is 24.1 Å². The van der Waals surface area contributed by atoms with Gasteiger partial charge in [0.1, 0.15) is 0 Å². The summed E-state index contributed by atoms with van der Waals surface area (Å²) in [6.45, 7) is 2.43. The van der Waals surface area contributed by atoms with Gasteiger partial charge in [-0.1, -0.05) is 18.2 Å². The highest BCUT2D eigenvalue weighted by Crippen LogP contribution is 2.22. The standard InChI is InChI=1S/C19H25N5O2.C4H6O6/c1-23(13-18(20)26)12-14-3-2-4-15(9-14)16-10-21-19(22-11-16)24-7-5-17(25)6-8-24;5-1(3(7)8)2(6)4(9)10/h2-4,9-11,17,25H,5-8,12-13H2,1H3,(H2,20,26);1-2,5-6H,(H,7,8)(H,9,10)/t;1-,2-/m.1/s1. The first-order chi connectivity index (χ1) is 17.0. The van der Waals surface area contributed by atoms with E-state index in [2.05, 4.69) is 20.9 Å². The van der Waals surface area contributed by atoms with Crippen LogP contribution in [0, 0.1) is 0 Å². The molecule has 1 fully saturated rings. The Hall–Kier alpha value is -3.65. The van der Waals surface area contributed by atoms with Gasteiger partial charge in [-0.15, -0.1) is 0 Å². The molecule has 1 amide bonds. The first-order valence-corrected chi connectivity index (χ1v) is 11.1. The zero-order chi connectivity index (χ0) is 26.8. The highest BCUT2D eigenvalue weighted by Gasteiger charge is 2.29. The average molecular weight is 506 g/mol. The summed E-state index contributed by atoms with van der Waals surface area (Å²) in [5.74, 6) is -3.17. The van der Waals surface area contributed by atoms with Crippen molar-refractivity contribution in [2.24, 2.45) is 5.73 Å². The Morgan fingerprint density at radius 2 is 1.61 bits per heavy atom. The van der Waals surface area contributed by atoms with Crippen molar-refractivity contribution in [2.45, 2.75) is 37.7 Å². The number of aliphatic carboxylic acids is 2. The molecule has 13 heteroatoms. The molecule has 7 N–H and O–H groups in total. The van der Waals surface area contributed by atoms with Crippen LogP contribution in [0.4, 0.5) is 5.95 Å². The van der Waals surface area contributed by atoms with Gasteiger partial charge in [0.05, 0.1) is 12.6 Å². The molecule has 0 saturated carbocycles. The maximum atomic E-state index is 11.0. The second-order valence-corrected chi connectivity index (χ2v) is 8.40. The Morgan fingerprint density at radius 3 is 2.11 bits per heavy atom. The summed E-state index contributed by atoms with van der Waals surface area (Å²) >= 11 is 0. The van der Waals surface area contributed by atoms with E-state index in [0.29, 0.717) is 12.5 Å². The number of primary amides is 1. The summed E-state index contributed by atoms with van der Waals surface area (Å²) in [4.78, 5) is 43.5. The summed E-state index contributed by atoms with van der Waals surface area (Å²) in [5.41, 5.74) is 8.32. The molecule has 0 unspecified atom stereocenters. The van der Waals surface area contributed by atoms with E-state index in [4.69, 9.17) is 26.2 Å². The van der Waals surface area contributed by atoms with Crippen LogP contribution in [0.3, 0.4) is 0 Å². The number of hydrogen-bond acceptors (Lipinski definition) is 10. The lowest BCUT2D eigenvalue weighted by atomic mass is 10.1. The van der Waals surface area contributed by atoms with E-state index in [0.717, 1.165) is 42.6 Å². The molecular formula is C23H31N5O8. The molecule has 36 heavy (non-hydrogen) atoms. The number of carbonyl (C=O) groups excluding carboxylic acids is 1. The topological polar surface area (TPSA) is 211 Å². The van der Waals surface area contributed by atoms with Gasteiger partial charge in [-0.05, 0) is 37.1 Å². The fourth-order valence-corrected chi connectivity index (χ4v) is 3.45. The summed E-state index contributed by atoms with van der Waals surface area (Å²) < 4.78 is 0. The molecule has 0 radical (unpaired) electrons. The molecule has 0 aliphatic carbocycles. The van der Waals surface area contributed by atoms with Gasteiger partial charge in [-0.25, -0.2) is 19.6 Å². The quantitative estimate of drug-likeness (QED) is 0.240. The minimum atomic E-state index is -2.27. The van der Waals surface area contributed by atoms with Crippen LogP contribution < -0.4 is 10.6 Å². The van der Waals surface area contributed by atoms with E-state index in [1.807, 2.05) is 42.5 Å². The number of aliphatic hydroxyl groups excluding tert-OH is 3. The second kappa shape index (κ2) is 13.4. The van der Waals surface area contributed by atoms with Gasteiger partial charge in [0, 0.05) is 37.6 Å². The van der Waals surface area contributed by atoms with E-state index in [-0.39, 0.29) is 18.6 Å². The van der Waals surface area contributed by atoms with Crippen LogP contribution in [0.15, 0.2) is 36.7 Å². The fourth-order valence-electron chi connectivity index (χ4n) is 3.45. The number of nitrogens with zero attached hydrogens (tertiary/aromatic N) is 4. The van der Waals surface area contributed by atoms with Gasteiger partial charge in [0.2, 0.25) is 11.9 Å². The molecule has 1 aromatic carbocycles. The van der Waals surface area contributed by atoms with Crippen LogP contribution >= 0.6 is 0 Å². The maximum absolute atomic E-state index is 11.0. The Kier molecular flexibility index (Phi) is 10.7. The summed E-state index contributed by atoms with van der Waals surface area (Å²) in [7, 11) is 1.87. The van der Waals surface area contributed by atoms with E-state index in [1.54, 1.807) is 0 Å². The van der Waals surface area contributed by atoms with Crippen LogP contribution in [0.1, 0.15) is 18.4 Å². The van der Waals surface area contributed by atoms with Gasteiger partial charge in [0.15, 0.2) is 12.2 Å². The maximum Gasteiger partial charge on any atom is 0.335 e. The molecule has 2 heterocycles. The summed E-state index contributed by atoms with van der Waals surface area (Å²) in [5, 5.41) is 42.1. The number of carboxylic acids is 2. The Bertz CT molecular complexity index is 1010. The van der Waals surface area contributed by atoms with Crippen molar-refractivity contribution in [3.8, 4) is 11.1 Å². The number of aromatic nitrogens is 2. The van der Waals surface area contributed by atoms with E-state index >= 15 is 0 Å². The summed E-state index contributed by atoms with van der Waals surface area (Å²) in [6.07, 6.45) is 0.438. The minimum Gasteiger partial charge on any atom is -0.479 e. The van der Waals surface area contributed by atoms with Crippen molar-refractivity contribution in [1.29, 1.82) is 0 Å². The molecule has 2 atom stereocenters. The number of amides is 1. The van der Waals surface area contributed by atoms with Crippen LogP contribution in [0.5, 0.6) is 0 Å². The number of rotatable bonds is 9. The number of nitrogens with two attached hydrogens (primary N) is 1. The number of likely N-dealkylation sites (N-methyl/N-ethyl adjacent to an activating group) is 1. The molecule has 0 bridgehead atoms. The Morgan fingerprint density at radius 1 is 1.06 bits per heavy atom. The lowest BCUT2D eigenvalue weighted by molar-refractivity contribution is -0.165. The lowest BCUT2D eigenvalue weighted by Crippen LogP contribution is -2.39. The second-order valence-electron chi connectivity index (χ2n) is 8.40. The average Bonchev–Trinajstić information content (AvgIpc) is 2.83. The molecule has 1 saturated heterocycles. The number of hydrogen-bond donors (Lipinski definition) is 6. The molecule has 0 spiro atoms. The third-order valence-electron chi connectivity index (χ3n) is 5.33. The first kappa shape index (κ1) is 28.6. The van der Waals surface area contributed by atoms with E-state index in [9.17, 15) is 19.5 Å². The SMILES string of the molecule is CN(CC(N)=O)Cc1cccc(-c2cnc(N3CCC(O)CC3)nc2)c1.O=C(O)[C@H](O)[C@@H](O)C(=O)O. The molecule has 1 aromatic heterocycles. The van der Waals surface area contributed by atoms with Crippen LogP contribution in [0.25, 0.3) is 11.1 Å². The third kappa shape index (κ3) is 8.85. The molecule has 2 aromatic rings. The predicted octanol–water partition coefficient (Wildman–Crippen LogP) is -1.10. The van der Waals surface area contributed by atoms with Crippen molar-refractivity contribution in [3.63, 3.8) is 0 Å². The predicted molar refractivity (Wildman–Crippen MR) is 128 cm³/mol. The van der Waals surface area contributed by atoms with Crippen molar-refractivity contribution in [2.75, 3.05) is 31.6 Å². The van der Waals surface area contributed by atoms with Gasteiger partial charge < -0.3 is 36.2 Å². The third-order valence-corrected chi connectivity index (χ3v) is 5.33. The monoisotopic (exact) mass is 505 g/mol. The van der Waals surface area contributed by atoms with Gasteiger partial charge in [-0.3, -0.25) is 9.69 Å². The number of anilines is 1. The largest absolute Gasteiger partial charge is 0.479 e. The van der Waals surface area contributed by atoms with Crippen LogP contribution in [0.2, 0.25) is 0 Å². The molecule has 196 valence electrons. The Labute approximate surface area is 207 Å².